The predicted molar refractivity (Wildman–Crippen MR) is 102 cm³/mol. The third-order valence-electron chi connectivity index (χ3n) is 4.98. The van der Waals surface area contributed by atoms with E-state index in [1.807, 2.05) is 0 Å². The summed E-state index contributed by atoms with van der Waals surface area (Å²) in [4.78, 5) is 29.0. The molecule has 0 amide bonds. The maximum Gasteiger partial charge on any atom is 0.433 e. The first kappa shape index (κ1) is 19.3. The van der Waals surface area contributed by atoms with Crippen molar-refractivity contribution in [1.82, 2.24) is 24.4 Å². The number of rotatable bonds is 4. The quantitative estimate of drug-likeness (QED) is 0.663. The summed E-state index contributed by atoms with van der Waals surface area (Å²) in [6.07, 6.45) is 0.405. The van der Waals surface area contributed by atoms with E-state index in [9.17, 15) is 18.0 Å². The Morgan fingerprint density at radius 3 is 2.38 bits per heavy atom. The van der Waals surface area contributed by atoms with E-state index >= 15 is 0 Å². The Morgan fingerprint density at radius 1 is 0.966 bits per heavy atom. The van der Waals surface area contributed by atoms with Crippen LogP contribution < -0.4 is 10.5 Å². The van der Waals surface area contributed by atoms with Gasteiger partial charge < -0.3 is 9.47 Å². The van der Waals surface area contributed by atoms with E-state index in [0.29, 0.717) is 19.0 Å². The number of halogens is 3. The van der Waals surface area contributed by atoms with Gasteiger partial charge in [0, 0.05) is 57.9 Å². The van der Waals surface area contributed by atoms with Crippen LogP contribution in [0.2, 0.25) is 0 Å². The van der Waals surface area contributed by atoms with Gasteiger partial charge in [-0.2, -0.15) is 13.2 Å². The third-order valence-corrected chi connectivity index (χ3v) is 4.98. The Bertz CT molecular complexity index is 1050. The maximum atomic E-state index is 12.8. The fraction of sp³-hybridized carbons (Fsp3) is 0.368. The number of hydrogen-bond acceptors (Lipinski definition) is 6. The molecule has 10 heteroatoms. The van der Waals surface area contributed by atoms with Crippen LogP contribution in [0.1, 0.15) is 5.69 Å². The van der Waals surface area contributed by atoms with Gasteiger partial charge in [0.25, 0.3) is 5.56 Å². The van der Waals surface area contributed by atoms with Crippen LogP contribution in [0.25, 0.3) is 10.9 Å². The topological polar surface area (TPSA) is 67.2 Å². The Labute approximate surface area is 164 Å². The standard InChI is InChI=1S/C19H19F3N6O/c20-19(21,22)16-3-2-14-15(25-16)4-7-27(17(14)29)11-8-26-9-12-28(13-10-26)18-23-5-1-6-24-18/h1-7H,8-13H2. The molecule has 0 aromatic carbocycles. The number of pyridine rings is 2. The zero-order chi connectivity index (χ0) is 20.4. The summed E-state index contributed by atoms with van der Waals surface area (Å²) in [5.74, 6) is 0.712. The lowest BCUT2D eigenvalue weighted by molar-refractivity contribution is -0.140. The van der Waals surface area contributed by atoms with Gasteiger partial charge in [-0.3, -0.25) is 9.69 Å². The number of aromatic nitrogens is 4. The lowest BCUT2D eigenvalue weighted by atomic mass is 10.2. The molecule has 152 valence electrons. The molecule has 1 fully saturated rings. The highest BCUT2D eigenvalue weighted by molar-refractivity contribution is 5.77. The molecule has 0 radical (unpaired) electrons. The van der Waals surface area contributed by atoms with Crippen molar-refractivity contribution in [2.24, 2.45) is 0 Å². The van der Waals surface area contributed by atoms with Gasteiger partial charge >= 0.3 is 6.18 Å². The lowest BCUT2D eigenvalue weighted by Crippen LogP contribution is -2.48. The van der Waals surface area contributed by atoms with Gasteiger partial charge in [0.1, 0.15) is 5.69 Å². The summed E-state index contributed by atoms with van der Waals surface area (Å²) in [5.41, 5.74) is -1.28. The number of alkyl halides is 3. The number of nitrogens with zero attached hydrogens (tertiary/aromatic N) is 6. The highest BCUT2D eigenvalue weighted by Crippen LogP contribution is 2.28. The van der Waals surface area contributed by atoms with Gasteiger partial charge in [-0.05, 0) is 24.3 Å². The van der Waals surface area contributed by atoms with Crippen LogP contribution >= 0.6 is 0 Å². The molecule has 0 N–H and O–H groups in total. The fourth-order valence-corrected chi connectivity index (χ4v) is 3.37. The Hall–Kier alpha value is -3.01. The Kier molecular flexibility index (Phi) is 5.18. The van der Waals surface area contributed by atoms with Gasteiger partial charge in [-0.1, -0.05) is 0 Å². The molecule has 4 heterocycles. The summed E-state index contributed by atoms with van der Waals surface area (Å²) < 4.78 is 39.9. The maximum absolute atomic E-state index is 12.8. The van der Waals surface area contributed by atoms with Crippen LogP contribution in [-0.2, 0) is 12.7 Å². The molecular formula is C19H19F3N6O. The first-order chi connectivity index (χ1) is 13.9. The third kappa shape index (κ3) is 4.21. The summed E-state index contributed by atoms with van der Waals surface area (Å²) in [6.45, 7) is 4.34. The van der Waals surface area contributed by atoms with Crippen molar-refractivity contribution < 1.29 is 13.2 Å². The summed E-state index contributed by atoms with van der Waals surface area (Å²) in [7, 11) is 0. The van der Waals surface area contributed by atoms with E-state index in [2.05, 4.69) is 24.8 Å². The van der Waals surface area contributed by atoms with Crippen LogP contribution in [0.4, 0.5) is 19.1 Å². The van der Waals surface area contributed by atoms with Crippen molar-refractivity contribution >= 4 is 16.9 Å². The van der Waals surface area contributed by atoms with E-state index in [0.717, 1.165) is 32.2 Å². The molecule has 0 aliphatic carbocycles. The predicted octanol–water partition coefficient (Wildman–Crippen LogP) is 2.03. The van der Waals surface area contributed by atoms with Crippen LogP contribution in [0.5, 0.6) is 0 Å². The van der Waals surface area contributed by atoms with Crippen molar-refractivity contribution in [1.29, 1.82) is 0 Å². The summed E-state index contributed by atoms with van der Waals surface area (Å²) in [5, 5.41) is 0.187. The van der Waals surface area contributed by atoms with Crippen molar-refractivity contribution in [3.63, 3.8) is 0 Å². The van der Waals surface area contributed by atoms with Gasteiger partial charge in [0.2, 0.25) is 5.95 Å². The van der Waals surface area contributed by atoms with E-state index in [1.54, 1.807) is 18.5 Å². The highest BCUT2D eigenvalue weighted by Gasteiger charge is 2.32. The van der Waals surface area contributed by atoms with E-state index in [-0.39, 0.29) is 16.5 Å². The SMILES string of the molecule is O=c1c2ccc(C(F)(F)F)nc2ccn1CCN1CCN(c2ncccn2)CC1. The summed E-state index contributed by atoms with van der Waals surface area (Å²) >= 11 is 0. The number of hydrogen-bond donors (Lipinski definition) is 0. The Balaban J connectivity index is 1.40. The molecule has 0 saturated carbocycles. The first-order valence-corrected chi connectivity index (χ1v) is 9.23. The average Bonchev–Trinajstić information content (AvgIpc) is 2.73. The number of anilines is 1. The molecule has 29 heavy (non-hydrogen) atoms. The monoisotopic (exact) mass is 404 g/mol. The molecule has 0 unspecified atom stereocenters. The van der Waals surface area contributed by atoms with Gasteiger partial charge in [0.05, 0.1) is 10.9 Å². The zero-order valence-electron chi connectivity index (χ0n) is 15.5. The molecule has 0 bridgehead atoms. The van der Waals surface area contributed by atoms with Crippen molar-refractivity contribution in [3.05, 3.63) is 58.9 Å². The number of fused-ring (bicyclic) bond motifs is 1. The van der Waals surface area contributed by atoms with Gasteiger partial charge in [-0.15, -0.1) is 0 Å². The Morgan fingerprint density at radius 2 is 1.69 bits per heavy atom. The zero-order valence-corrected chi connectivity index (χ0v) is 15.5. The lowest BCUT2D eigenvalue weighted by Gasteiger charge is -2.34. The van der Waals surface area contributed by atoms with Crippen molar-refractivity contribution in [2.75, 3.05) is 37.6 Å². The van der Waals surface area contributed by atoms with Gasteiger partial charge in [-0.25, -0.2) is 15.0 Å². The molecule has 1 aliphatic rings. The molecule has 7 nitrogen and oxygen atoms in total. The highest BCUT2D eigenvalue weighted by atomic mass is 19.4. The number of piperazine rings is 1. The molecule has 4 rings (SSSR count). The van der Waals surface area contributed by atoms with Crippen LogP contribution in [0.15, 0.2) is 47.7 Å². The van der Waals surface area contributed by atoms with Crippen LogP contribution in [-0.4, -0.2) is 57.1 Å². The molecule has 1 saturated heterocycles. The smallest absolute Gasteiger partial charge is 0.338 e. The van der Waals surface area contributed by atoms with Crippen LogP contribution in [0.3, 0.4) is 0 Å². The minimum atomic E-state index is -4.53. The second kappa shape index (κ2) is 7.78. The van der Waals surface area contributed by atoms with E-state index in [1.165, 1.54) is 22.9 Å². The van der Waals surface area contributed by atoms with E-state index < -0.39 is 11.9 Å². The molecule has 3 aromatic heterocycles. The van der Waals surface area contributed by atoms with Gasteiger partial charge in [0.15, 0.2) is 0 Å². The molecule has 1 aliphatic heterocycles. The van der Waals surface area contributed by atoms with Crippen molar-refractivity contribution in [2.45, 2.75) is 12.7 Å². The normalized spacial score (nSPS) is 15.8. The largest absolute Gasteiger partial charge is 0.433 e. The second-order valence-corrected chi connectivity index (χ2v) is 6.82. The second-order valence-electron chi connectivity index (χ2n) is 6.82. The molecular weight excluding hydrogens is 385 g/mol. The molecule has 0 spiro atoms. The average molecular weight is 404 g/mol. The minimum absolute atomic E-state index is 0.0533. The van der Waals surface area contributed by atoms with Crippen molar-refractivity contribution in [3.8, 4) is 0 Å². The molecule has 0 atom stereocenters. The van der Waals surface area contributed by atoms with E-state index in [4.69, 9.17) is 0 Å². The summed E-state index contributed by atoms with van der Waals surface area (Å²) in [6, 6.07) is 5.28. The van der Waals surface area contributed by atoms with Crippen LogP contribution in [0, 0.1) is 0 Å². The fourth-order valence-electron chi connectivity index (χ4n) is 3.37. The minimum Gasteiger partial charge on any atom is -0.338 e. The first-order valence-electron chi connectivity index (χ1n) is 9.23. The molecule has 3 aromatic rings.